The van der Waals surface area contributed by atoms with Crippen LogP contribution in [0.4, 0.5) is 4.79 Å². The SMILES string of the molecule is CC[C@H](CC[C@@H](C)C1CCC2C3CC=C4CC(OC(=O)N(CCCN)CCCCCCCCCCN)CCC4(C)C3CCC21C)C(C)C. The highest BCUT2D eigenvalue weighted by molar-refractivity contribution is 5.67. The van der Waals surface area contributed by atoms with E-state index in [0.29, 0.717) is 18.5 Å². The van der Waals surface area contributed by atoms with Gasteiger partial charge in [0, 0.05) is 19.5 Å². The number of carbonyl (C=O) groups is 1. The van der Waals surface area contributed by atoms with E-state index in [4.69, 9.17) is 16.2 Å². The van der Waals surface area contributed by atoms with Crippen molar-refractivity contribution in [2.75, 3.05) is 26.2 Å². The summed E-state index contributed by atoms with van der Waals surface area (Å²) < 4.78 is 6.30. The van der Waals surface area contributed by atoms with Crippen molar-refractivity contribution in [1.82, 2.24) is 4.90 Å². The standard InChI is InChI=1S/C43H79N3O2/c1-7-34(32(2)3)18-17-33(4)38-21-22-39-37-20-19-35-31-36(23-25-42(35,5)40(37)24-26-43(38,39)6)48-41(47)46(30-16-28-45)29-15-13-11-9-8-10-12-14-27-44/h19,32-34,36-40H,7-18,20-31,44-45H2,1-6H3/t33-,34-,36?,37?,38?,39?,40?,42?,43?/m1/s1. The molecule has 4 aliphatic carbocycles. The monoisotopic (exact) mass is 670 g/mol. The smallest absolute Gasteiger partial charge is 0.410 e. The molecule has 0 bridgehead atoms. The first-order valence-electron chi connectivity index (χ1n) is 21.1. The summed E-state index contributed by atoms with van der Waals surface area (Å²) in [5.74, 6) is 5.96. The van der Waals surface area contributed by atoms with Crippen molar-refractivity contribution < 1.29 is 9.53 Å². The van der Waals surface area contributed by atoms with Gasteiger partial charge < -0.3 is 21.1 Å². The lowest BCUT2D eigenvalue weighted by Gasteiger charge is -2.58. The summed E-state index contributed by atoms with van der Waals surface area (Å²) in [6, 6.07) is 0. The number of amides is 1. The van der Waals surface area contributed by atoms with Crippen LogP contribution < -0.4 is 11.5 Å². The summed E-state index contributed by atoms with van der Waals surface area (Å²) in [4.78, 5) is 15.4. The van der Waals surface area contributed by atoms with Crippen LogP contribution in [0, 0.1) is 52.3 Å². The molecule has 0 aromatic heterocycles. The van der Waals surface area contributed by atoms with Gasteiger partial charge in [-0.15, -0.1) is 0 Å². The Bertz CT molecular complexity index is 997. The van der Waals surface area contributed by atoms with E-state index in [1.54, 1.807) is 5.57 Å². The molecule has 0 aromatic carbocycles. The molecule has 0 saturated heterocycles. The lowest BCUT2D eigenvalue weighted by Crippen LogP contribution is -2.51. The number of allylic oxidation sites excluding steroid dienone is 1. The third-order valence-electron chi connectivity index (χ3n) is 14.8. The molecule has 5 nitrogen and oxygen atoms in total. The first kappa shape index (κ1) is 39.7. The van der Waals surface area contributed by atoms with E-state index in [-0.39, 0.29) is 17.6 Å². The van der Waals surface area contributed by atoms with Crippen molar-refractivity contribution in [1.29, 1.82) is 0 Å². The van der Waals surface area contributed by atoms with Gasteiger partial charge in [-0.2, -0.15) is 0 Å². The Kier molecular flexibility index (Phi) is 15.7. The summed E-state index contributed by atoms with van der Waals surface area (Å²) in [6.45, 7) is 18.1. The molecule has 3 saturated carbocycles. The molecule has 0 aromatic rings. The number of hydrogen-bond donors (Lipinski definition) is 2. The lowest BCUT2D eigenvalue weighted by molar-refractivity contribution is -0.0595. The van der Waals surface area contributed by atoms with Gasteiger partial charge >= 0.3 is 6.09 Å². The van der Waals surface area contributed by atoms with Gasteiger partial charge in [0.1, 0.15) is 6.10 Å². The molecule has 0 spiro atoms. The molecule has 3 fully saturated rings. The van der Waals surface area contributed by atoms with Gasteiger partial charge in [-0.1, -0.05) is 105 Å². The van der Waals surface area contributed by atoms with Crippen molar-refractivity contribution >= 4 is 6.09 Å². The zero-order chi connectivity index (χ0) is 34.7. The van der Waals surface area contributed by atoms with E-state index in [0.717, 1.165) is 86.6 Å². The highest BCUT2D eigenvalue weighted by Crippen LogP contribution is 2.67. The normalized spacial score (nSPS) is 32.6. The zero-order valence-electron chi connectivity index (χ0n) is 32.6. The predicted molar refractivity (Wildman–Crippen MR) is 204 cm³/mol. The Balaban J connectivity index is 1.29. The first-order valence-corrected chi connectivity index (χ1v) is 21.1. The van der Waals surface area contributed by atoms with Crippen LogP contribution in [0.15, 0.2) is 11.6 Å². The molecular formula is C43H79N3O2. The van der Waals surface area contributed by atoms with Gasteiger partial charge in [0.15, 0.2) is 0 Å². The van der Waals surface area contributed by atoms with Crippen LogP contribution in [0.5, 0.6) is 0 Å². The second-order valence-corrected chi connectivity index (χ2v) is 17.9. The second kappa shape index (κ2) is 19.0. The predicted octanol–water partition coefficient (Wildman–Crippen LogP) is 10.9. The fourth-order valence-electron chi connectivity index (χ4n) is 11.7. The third kappa shape index (κ3) is 9.62. The van der Waals surface area contributed by atoms with E-state index in [9.17, 15) is 4.79 Å². The zero-order valence-corrected chi connectivity index (χ0v) is 32.6. The molecule has 9 atom stereocenters. The van der Waals surface area contributed by atoms with Crippen molar-refractivity contribution in [3.8, 4) is 0 Å². The highest BCUT2D eigenvalue weighted by atomic mass is 16.6. The van der Waals surface area contributed by atoms with Gasteiger partial charge in [0.25, 0.3) is 0 Å². The molecule has 1 amide bonds. The Morgan fingerprint density at radius 2 is 1.52 bits per heavy atom. The van der Waals surface area contributed by atoms with Crippen LogP contribution in [0.25, 0.3) is 0 Å². The van der Waals surface area contributed by atoms with Crippen molar-refractivity contribution in [2.45, 2.75) is 176 Å². The third-order valence-corrected chi connectivity index (χ3v) is 14.8. The molecule has 0 aliphatic heterocycles. The molecule has 5 heteroatoms. The Hall–Kier alpha value is -1.07. The number of rotatable bonds is 20. The van der Waals surface area contributed by atoms with E-state index in [1.165, 1.54) is 96.3 Å². The van der Waals surface area contributed by atoms with Crippen LogP contribution in [-0.2, 0) is 4.74 Å². The van der Waals surface area contributed by atoms with E-state index in [2.05, 4.69) is 47.6 Å². The molecule has 0 heterocycles. The summed E-state index contributed by atoms with van der Waals surface area (Å²) in [6.07, 6.45) is 27.4. The highest BCUT2D eigenvalue weighted by Gasteiger charge is 2.59. The summed E-state index contributed by atoms with van der Waals surface area (Å²) in [7, 11) is 0. The topological polar surface area (TPSA) is 81.6 Å². The average Bonchev–Trinajstić information content (AvgIpc) is 3.42. The molecule has 278 valence electrons. The molecule has 4 aliphatic rings. The van der Waals surface area contributed by atoms with Crippen LogP contribution in [0.2, 0.25) is 0 Å². The maximum Gasteiger partial charge on any atom is 0.410 e. The van der Waals surface area contributed by atoms with Gasteiger partial charge in [-0.05, 0) is 136 Å². The van der Waals surface area contributed by atoms with Gasteiger partial charge in [-0.3, -0.25) is 0 Å². The Morgan fingerprint density at radius 3 is 2.19 bits per heavy atom. The molecule has 4 N–H and O–H groups in total. The minimum Gasteiger partial charge on any atom is -0.446 e. The minimum absolute atomic E-state index is 0.0191. The van der Waals surface area contributed by atoms with Crippen molar-refractivity contribution in [3.63, 3.8) is 0 Å². The second-order valence-electron chi connectivity index (χ2n) is 17.9. The van der Waals surface area contributed by atoms with E-state index < -0.39 is 0 Å². The number of unbranched alkanes of at least 4 members (excludes halogenated alkanes) is 7. The molecule has 4 rings (SSSR count). The number of nitrogens with two attached hydrogens (primary N) is 2. The van der Waals surface area contributed by atoms with Crippen LogP contribution in [-0.4, -0.2) is 43.3 Å². The number of ether oxygens (including phenoxy) is 1. The first-order chi connectivity index (χ1) is 23.1. The molecule has 48 heavy (non-hydrogen) atoms. The fourth-order valence-corrected chi connectivity index (χ4v) is 11.7. The van der Waals surface area contributed by atoms with Crippen molar-refractivity contribution in [2.24, 2.45) is 63.7 Å². The van der Waals surface area contributed by atoms with Gasteiger partial charge in [0.2, 0.25) is 0 Å². The fraction of sp³-hybridized carbons (Fsp3) is 0.930. The Labute approximate surface area is 297 Å². The summed E-state index contributed by atoms with van der Waals surface area (Å²) in [5, 5.41) is 0. The van der Waals surface area contributed by atoms with Gasteiger partial charge in [0.05, 0.1) is 0 Å². The van der Waals surface area contributed by atoms with Gasteiger partial charge in [-0.25, -0.2) is 4.79 Å². The van der Waals surface area contributed by atoms with Crippen LogP contribution in [0.1, 0.15) is 170 Å². The number of nitrogens with zero attached hydrogens (tertiary/aromatic N) is 1. The molecule has 7 unspecified atom stereocenters. The number of carbonyl (C=O) groups excluding carboxylic acids is 1. The van der Waals surface area contributed by atoms with Crippen LogP contribution in [0.3, 0.4) is 0 Å². The minimum atomic E-state index is -0.105. The maximum atomic E-state index is 13.5. The largest absolute Gasteiger partial charge is 0.446 e. The molecular weight excluding hydrogens is 590 g/mol. The number of hydrogen-bond acceptors (Lipinski definition) is 4. The average molecular weight is 670 g/mol. The summed E-state index contributed by atoms with van der Waals surface area (Å²) in [5.41, 5.74) is 13.9. The Morgan fingerprint density at radius 1 is 0.854 bits per heavy atom. The summed E-state index contributed by atoms with van der Waals surface area (Å²) >= 11 is 0. The van der Waals surface area contributed by atoms with E-state index in [1.807, 2.05) is 4.90 Å². The van der Waals surface area contributed by atoms with Crippen molar-refractivity contribution in [3.05, 3.63) is 11.6 Å². The maximum absolute atomic E-state index is 13.5. The quantitative estimate of drug-likeness (QED) is 0.0998. The number of fused-ring (bicyclic) bond motifs is 5. The van der Waals surface area contributed by atoms with E-state index >= 15 is 0 Å². The lowest BCUT2D eigenvalue weighted by atomic mass is 9.47. The van der Waals surface area contributed by atoms with Crippen LogP contribution >= 0.6 is 0 Å². The molecule has 0 radical (unpaired) electrons.